The quantitative estimate of drug-likeness (QED) is 0.137. The van der Waals surface area contributed by atoms with Crippen molar-refractivity contribution in [3.63, 3.8) is 0 Å². The third kappa shape index (κ3) is 5.21. The van der Waals surface area contributed by atoms with Gasteiger partial charge in [-0.3, -0.25) is 0 Å². The maximum atomic E-state index is 15.5. The van der Waals surface area contributed by atoms with Crippen molar-refractivity contribution in [2.45, 2.75) is 26.2 Å². The SMILES string of the molecule is Cc1cc(P(=O)(c2ccccc2)c2ccccc2)cc2c1oc1ccc(P(=O)(C3=C/CC/C=C\C/C=C\3)c3ccccc3)cc12. The summed E-state index contributed by atoms with van der Waals surface area (Å²) in [6.45, 7) is 2.01. The van der Waals surface area contributed by atoms with Crippen LogP contribution in [-0.4, -0.2) is 0 Å². The standard InChI is InChI=1S/C40H34O3P2/c1-30-27-36(45(42,33-21-13-7-14-22-33)34-23-15-8-16-24-34)29-38-37-28-35(25-26-39(37)43-40(30)38)44(41,32-19-11-6-12-20-32)31-17-9-4-2-3-5-10-18-31/h2-3,6-9,11-29H,4-5,10H2,1H3/b3-2-,17-9-,31-18+. The minimum absolute atomic E-state index is 0.714. The van der Waals surface area contributed by atoms with Gasteiger partial charge in [-0.25, -0.2) is 0 Å². The first-order chi connectivity index (χ1) is 22.0. The Morgan fingerprint density at radius 3 is 1.80 bits per heavy atom. The summed E-state index contributed by atoms with van der Waals surface area (Å²) in [6.07, 6.45) is 13.2. The molecule has 0 amide bonds. The maximum absolute atomic E-state index is 15.5. The lowest BCUT2D eigenvalue weighted by molar-refractivity contribution is 0.590. The lowest BCUT2D eigenvalue weighted by atomic mass is 10.1. The van der Waals surface area contributed by atoms with Gasteiger partial charge in [0.2, 0.25) is 0 Å². The van der Waals surface area contributed by atoms with Crippen molar-refractivity contribution in [2.24, 2.45) is 0 Å². The molecule has 7 rings (SSSR count). The van der Waals surface area contributed by atoms with Crippen molar-refractivity contribution in [1.29, 1.82) is 0 Å². The van der Waals surface area contributed by atoms with Gasteiger partial charge in [0.25, 0.3) is 0 Å². The van der Waals surface area contributed by atoms with Crippen LogP contribution in [0.5, 0.6) is 0 Å². The highest BCUT2D eigenvalue weighted by atomic mass is 31.2. The number of aryl methyl sites for hydroxylation is 1. The predicted octanol–water partition coefficient (Wildman–Crippen LogP) is 9.03. The highest BCUT2D eigenvalue weighted by molar-refractivity contribution is 7.85. The molecule has 0 N–H and O–H groups in total. The molecule has 5 aromatic carbocycles. The van der Waals surface area contributed by atoms with Crippen molar-refractivity contribution < 1.29 is 13.5 Å². The molecule has 45 heavy (non-hydrogen) atoms. The van der Waals surface area contributed by atoms with Crippen molar-refractivity contribution in [2.75, 3.05) is 0 Å². The second kappa shape index (κ2) is 12.2. The van der Waals surface area contributed by atoms with E-state index < -0.39 is 14.3 Å². The van der Waals surface area contributed by atoms with Gasteiger partial charge in [0.05, 0.1) is 0 Å². The molecule has 1 atom stereocenters. The lowest BCUT2D eigenvalue weighted by Crippen LogP contribution is -2.25. The Balaban J connectivity index is 1.47. The Labute approximate surface area is 264 Å². The zero-order valence-electron chi connectivity index (χ0n) is 25.2. The maximum Gasteiger partial charge on any atom is 0.171 e. The molecule has 0 radical (unpaired) electrons. The van der Waals surface area contributed by atoms with E-state index in [1.807, 2.05) is 134 Å². The highest BCUT2D eigenvalue weighted by Crippen LogP contribution is 2.53. The number of hydrogen-bond donors (Lipinski definition) is 0. The van der Waals surface area contributed by atoms with Crippen LogP contribution in [-0.2, 0) is 9.13 Å². The summed E-state index contributed by atoms with van der Waals surface area (Å²) >= 11 is 0. The molecular formula is C40H34O3P2. The summed E-state index contributed by atoms with van der Waals surface area (Å²) in [6, 6.07) is 39.2. The molecule has 222 valence electrons. The van der Waals surface area contributed by atoms with Crippen LogP contribution in [0.2, 0.25) is 0 Å². The third-order valence-corrected chi connectivity index (χ3v) is 14.7. The van der Waals surface area contributed by atoms with E-state index in [0.29, 0.717) is 5.58 Å². The van der Waals surface area contributed by atoms with Crippen LogP contribution in [0, 0.1) is 6.92 Å². The van der Waals surface area contributed by atoms with Gasteiger partial charge in [-0.15, -0.1) is 0 Å². The van der Waals surface area contributed by atoms with E-state index in [0.717, 1.165) is 73.0 Å². The molecule has 1 unspecified atom stereocenters. The van der Waals surface area contributed by atoms with Crippen LogP contribution in [0.1, 0.15) is 24.8 Å². The Morgan fingerprint density at radius 2 is 1.16 bits per heavy atom. The van der Waals surface area contributed by atoms with Crippen LogP contribution in [0.15, 0.2) is 161 Å². The minimum atomic E-state index is -3.23. The zero-order chi connectivity index (χ0) is 30.9. The number of benzene rings is 5. The second-order valence-corrected chi connectivity index (χ2v) is 17.0. The minimum Gasteiger partial charge on any atom is -0.456 e. The van der Waals surface area contributed by atoms with Crippen LogP contribution >= 0.6 is 14.3 Å². The number of hydrogen-bond acceptors (Lipinski definition) is 3. The van der Waals surface area contributed by atoms with Crippen LogP contribution in [0.3, 0.4) is 0 Å². The molecular weight excluding hydrogens is 590 g/mol. The van der Waals surface area contributed by atoms with Gasteiger partial charge in [0, 0.05) is 42.6 Å². The smallest absolute Gasteiger partial charge is 0.171 e. The number of rotatable bonds is 6. The molecule has 0 fully saturated rings. The predicted molar refractivity (Wildman–Crippen MR) is 191 cm³/mol. The number of furan rings is 1. The lowest BCUT2D eigenvalue weighted by Gasteiger charge is -2.21. The largest absolute Gasteiger partial charge is 0.456 e. The van der Waals surface area contributed by atoms with E-state index in [-0.39, 0.29) is 0 Å². The average molecular weight is 625 g/mol. The molecule has 1 aromatic heterocycles. The molecule has 1 heterocycles. The van der Waals surface area contributed by atoms with Gasteiger partial charge in [-0.1, -0.05) is 121 Å². The van der Waals surface area contributed by atoms with Gasteiger partial charge >= 0.3 is 0 Å². The topological polar surface area (TPSA) is 47.3 Å². The summed E-state index contributed by atoms with van der Waals surface area (Å²) in [5.41, 5.74) is 2.37. The van der Waals surface area contributed by atoms with Gasteiger partial charge in [-0.2, -0.15) is 0 Å². The van der Waals surface area contributed by atoms with Crippen molar-refractivity contribution in [1.82, 2.24) is 0 Å². The molecule has 5 heteroatoms. The molecule has 1 aliphatic carbocycles. The van der Waals surface area contributed by atoms with E-state index in [1.165, 1.54) is 0 Å². The Bertz CT molecular complexity index is 2150. The first kappa shape index (κ1) is 29.3. The normalized spacial score (nSPS) is 17.8. The third-order valence-electron chi connectivity index (χ3n) is 8.59. The van der Waals surface area contributed by atoms with Gasteiger partial charge < -0.3 is 13.5 Å². The Kier molecular flexibility index (Phi) is 7.92. The Hall–Kier alpha value is -4.42. The van der Waals surface area contributed by atoms with Crippen LogP contribution in [0.4, 0.5) is 0 Å². The molecule has 0 spiro atoms. The molecule has 0 saturated carbocycles. The fourth-order valence-corrected chi connectivity index (χ4v) is 11.9. The molecule has 0 saturated heterocycles. The molecule has 0 bridgehead atoms. The molecule has 6 aromatic rings. The van der Waals surface area contributed by atoms with E-state index in [2.05, 4.69) is 24.3 Å². The van der Waals surface area contributed by atoms with Gasteiger partial charge in [0.1, 0.15) is 11.2 Å². The number of allylic oxidation sites excluding steroid dienone is 6. The highest BCUT2D eigenvalue weighted by Gasteiger charge is 2.33. The van der Waals surface area contributed by atoms with E-state index in [1.54, 1.807) is 0 Å². The first-order valence-electron chi connectivity index (χ1n) is 15.4. The van der Waals surface area contributed by atoms with Gasteiger partial charge in [0.15, 0.2) is 14.3 Å². The second-order valence-electron chi connectivity index (χ2n) is 11.5. The van der Waals surface area contributed by atoms with Crippen molar-refractivity contribution in [3.8, 4) is 0 Å². The van der Waals surface area contributed by atoms with Crippen LogP contribution < -0.4 is 26.5 Å². The van der Waals surface area contributed by atoms with Crippen molar-refractivity contribution in [3.05, 3.63) is 163 Å². The van der Waals surface area contributed by atoms with E-state index in [9.17, 15) is 0 Å². The zero-order valence-corrected chi connectivity index (χ0v) is 27.0. The monoisotopic (exact) mass is 624 g/mol. The number of fused-ring (bicyclic) bond motifs is 3. The molecule has 1 aliphatic rings. The summed E-state index contributed by atoms with van der Waals surface area (Å²) in [7, 11) is -6.43. The fraction of sp³-hybridized carbons (Fsp3) is 0.100. The van der Waals surface area contributed by atoms with E-state index >= 15 is 9.13 Å². The summed E-state index contributed by atoms with van der Waals surface area (Å²) < 4.78 is 37.2. The Morgan fingerprint density at radius 1 is 0.556 bits per heavy atom. The summed E-state index contributed by atoms with van der Waals surface area (Å²) in [5, 5.41) is 6.45. The summed E-state index contributed by atoms with van der Waals surface area (Å²) in [5.74, 6) is 0. The van der Waals surface area contributed by atoms with Crippen molar-refractivity contribution >= 4 is 62.7 Å². The first-order valence-corrected chi connectivity index (χ1v) is 18.8. The van der Waals surface area contributed by atoms with Gasteiger partial charge in [-0.05, 0) is 62.1 Å². The summed E-state index contributed by atoms with van der Waals surface area (Å²) in [4.78, 5) is 0. The molecule has 3 nitrogen and oxygen atoms in total. The fourth-order valence-electron chi connectivity index (χ4n) is 6.31. The van der Waals surface area contributed by atoms with E-state index in [4.69, 9.17) is 4.42 Å². The van der Waals surface area contributed by atoms with Crippen LogP contribution in [0.25, 0.3) is 21.9 Å². The molecule has 0 aliphatic heterocycles. The average Bonchev–Trinajstić information content (AvgIpc) is 3.53.